The Balaban J connectivity index is 1.81. The molecule has 7 nitrogen and oxygen atoms in total. The van der Waals surface area contributed by atoms with Crippen LogP contribution in [0.25, 0.3) is 0 Å². The summed E-state index contributed by atoms with van der Waals surface area (Å²) in [4.78, 5) is 35.4. The molecule has 0 saturated carbocycles. The van der Waals surface area contributed by atoms with Gasteiger partial charge in [0, 0.05) is 5.69 Å². The Morgan fingerprint density at radius 3 is 2.62 bits per heavy atom. The van der Waals surface area contributed by atoms with Crippen LogP contribution in [0.1, 0.15) is 22.0 Å². The molecule has 0 radical (unpaired) electrons. The molecule has 7 heteroatoms. The lowest BCUT2D eigenvalue weighted by Crippen LogP contribution is -2.22. The predicted molar refractivity (Wildman–Crippen MR) is 86.8 cm³/mol. The Labute approximate surface area is 138 Å². The molecule has 4 amide bonds. The summed E-state index contributed by atoms with van der Waals surface area (Å²) in [7, 11) is 1.49. The molecular formula is C17H15N3O4. The van der Waals surface area contributed by atoms with Gasteiger partial charge in [-0.15, -0.1) is 0 Å². The first-order valence-electron chi connectivity index (χ1n) is 7.24. The summed E-state index contributed by atoms with van der Waals surface area (Å²) in [6, 6.07) is 12.3. The number of carbonyl (C=O) groups excluding carboxylic acids is 3. The molecule has 2 aromatic carbocycles. The van der Waals surface area contributed by atoms with E-state index in [4.69, 9.17) is 4.74 Å². The lowest BCUT2D eigenvalue weighted by atomic mass is 10.1. The quantitative estimate of drug-likeness (QED) is 0.747. The summed E-state index contributed by atoms with van der Waals surface area (Å²) >= 11 is 0. The number of hydrogen-bond donors (Lipinski definition) is 3. The Hall–Kier alpha value is -3.35. The lowest BCUT2D eigenvalue weighted by Gasteiger charge is -2.12. The van der Waals surface area contributed by atoms with Crippen molar-refractivity contribution < 1.29 is 19.1 Å². The topological polar surface area (TPSA) is 96.5 Å². The highest BCUT2D eigenvalue weighted by molar-refractivity contribution is 6.07. The summed E-state index contributed by atoms with van der Waals surface area (Å²) in [5.41, 5.74) is 1.49. The van der Waals surface area contributed by atoms with Crippen molar-refractivity contribution in [1.82, 2.24) is 10.6 Å². The molecule has 122 valence electrons. The number of methoxy groups -OCH3 is 1. The van der Waals surface area contributed by atoms with Gasteiger partial charge in [-0.25, -0.2) is 4.79 Å². The van der Waals surface area contributed by atoms with Crippen LogP contribution in [0, 0.1) is 0 Å². The number of anilines is 1. The van der Waals surface area contributed by atoms with Gasteiger partial charge in [0.05, 0.1) is 12.7 Å². The molecule has 1 atom stereocenters. The molecule has 0 aromatic heterocycles. The number of ether oxygens (including phenoxy) is 1. The van der Waals surface area contributed by atoms with Crippen LogP contribution in [0.4, 0.5) is 10.5 Å². The maximum Gasteiger partial charge on any atom is 0.322 e. The molecule has 1 fully saturated rings. The highest BCUT2D eigenvalue weighted by Gasteiger charge is 2.30. The van der Waals surface area contributed by atoms with Crippen molar-refractivity contribution in [2.24, 2.45) is 0 Å². The maximum absolute atomic E-state index is 12.4. The van der Waals surface area contributed by atoms with E-state index in [1.54, 1.807) is 48.5 Å². The Morgan fingerprint density at radius 1 is 1.12 bits per heavy atom. The van der Waals surface area contributed by atoms with E-state index >= 15 is 0 Å². The molecule has 24 heavy (non-hydrogen) atoms. The number of para-hydroxylation sites is 1. The number of nitrogens with one attached hydrogen (secondary N) is 3. The number of amides is 4. The second-order valence-electron chi connectivity index (χ2n) is 5.18. The first-order valence-corrected chi connectivity index (χ1v) is 7.24. The first-order chi connectivity index (χ1) is 11.6. The van der Waals surface area contributed by atoms with Crippen LogP contribution in [0.15, 0.2) is 48.5 Å². The Bertz CT molecular complexity index is 819. The summed E-state index contributed by atoms with van der Waals surface area (Å²) in [6.07, 6.45) is 0. The molecule has 3 N–H and O–H groups in total. The molecule has 0 aliphatic carbocycles. The number of rotatable bonds is 4. The number of urea groups is 1. The fourth-order valence-corrected chi connectivity index (χ4v) is 2.48. The van der Waals surface area contributed by atoms with E-state index in [9.17, 15) is 14.4 Å². The Morgan fingerprint density at radius 2 is 1.92 bits per heavy atom. The molecule has 1 unspecified atom stereocenters. The summed E-state index contributed by atoms with van der Waals surface area (Å²) in [5.74, 6) is -0.286. The summed E-state index contributed by atoms with van der Waals surface area (Å²) in [6.45, 7) is 0. The van der Waals surface area contributed by atoms with E-state index in [0.29, 0.717) is 22.6 Å². The third-order valence-corrected chi connectivity index (χ3v) is 3.60. The van der Waals surface area contributed by atoms with Crippen LogP contribution in [-0.2, 0) is 4.79 Å². The van der Waals surface area contributed by atoms with E-state index in [1.807, 2.05) is 0 Å². The van der Waals surface area contributed by atoms with E-state index < -0.39 is 18.0 Å². The van der Waals surface area contributed by atoms with Gasteiger partial charge in [0.1, 0.15) is 11.8 Å². The van der Waals surface area contributed by atoms with Crippen LogP contribution in [0.2, 0.25) is 0 Å². The summed E-state index contributed by atoms with van der Waals surface area (Å²) in [5, 5.41) is 7.45. The van der Waals surface area contributed by atoms with Gasteiger partial charge >= 0.3 is 6.03 Å². The minimum atomic E-state index is -0.763. The van der Waals surface area contributed by atoms with Crippen LogP contribution in [0.5, 0.6) is 5.75 Å². The van der Waals surface area contributed by atoms with Crippen LogP contribution in [0.3, 0.4) is 0 Å². The van der Waals surface area contributed by atoms with Crippen LogP contribution >= 0.6 is 0 Å². The maximum atomic E-state index is 12.4. The zero-order valence-corrected chi connectivity index (χ0v) is 12.8. The molecule has 2 aromatic rings. The van der Waals surface area contributed by atoms with Gasteiger partial charge in [-0.3, -0.25) is 14.9 Å². The normalized spacial score (nSPS) is 16.3. The van der Waals surface area contributed by atoms with Crippen molar-refractivity contribution in [1.29, 1.82) is 0 Å². The standard InChI is InChI=1S/C17H15N3O4/c1-24-13-8-3-2-7-12(13)15(21)18-11-6-4-5-10(9-11)14-16(22)20-17(23)19-14/h2-9,14H,1H3,(H,18,21)(H2,19,20,22,23). The lowest BCUT2D eigenvalue weighted by molar-refractivity contribution is -0.120. The number of imide groups is 1. The fourth-order valence-electron chi connectivity index (χ4n) is 2.48. The number of hydrogen-bond acceptors (Lipinski definition) is 4. The minimum absolute atomic E-state index is 0.329. The second-order valence-corrected chi connectivity index (χ2v) is 5.18. The number of carbonyl (C=O) groups is 3. The van der Waals surface area contributed by atoms with Crippen molar-refractivity contribution in [3.63, 3.8) is 0 Å². The van der Waals surface area contributed by atoms with Crippen molar-refractivity contribution >= 4 is 23.5 Å². The average molecular weight is 325 g/mol. The SMILES string of the molecule is COc1ccccc1C(=O)Nc1cccc(C2NC(=O)NC2=O)c1. The van der Waals surface area contributed by atoms with Gasteiger partial charge in [0.2, 0.25) is 0 Å². The van der Waals surface area contributed by atoms with E-state index in [2.05, 4.69) is 16.0 Å². The molecule has 0 bridgehead atoms. The van der Waals surface area contributed by atoms with E-state index in [-0.39, 0.29) is 5.91 Å². The van der Waals surface area contributed by atoms with Gasteiger partial charge in [-0.05, 0) is 29.8 Å². The Kier molecular flexibility index (Phi) is 4.15. The minimum Gasteiger partial charge on any atom is -0.496 e. The molecule has 1 aliphatic heterocycles. The third kappa shape index (κ3) is 3.05. The number of benzene rings is 2. The average Bonchev–Trinajstić information content (AvgIpc) is 2.93. The van der Waals surface area contributed by atoms with Gasteiger partial charge in [0.15, 0.2) is 0 Å². The fraction of sp³-hybridized carbons (Fsp3) is 0.118. The van der Waals surface area contributed by atoms with Crippen molar-refractivity contribution in [2.45, 2.75) is 6.04 Å². The summed E-state index contributed by atoms with van der Waals surface area (Å²) < 4.78 is 5.17. The van der Waals surface area contributed by atoms with Crippen LogP contribution in [-0.4, -0.2) is 25.0 Å². The van der Waals surface area contributed by atoms with E-state index in [1.165, 1.54) is 7.11 Å². The zero-order valence-electron chi connectivity index (χ0n) is 12.8. The highest BCUT2D eigenvalue weighted by atomic mass is 16.5. The zero-order chi connectivity index (χ0) is 17.1. The predicted octanol–water partition coefficient (Wildman–Crippen LogP) is 1.83. The van der Waals surface area contributed by atoms with E-state index in [0.717, 1.165) is 0 Å². The highest BCUT2D eigenvalue weighted by Crippen LogP contribution is 2.22. The molecule has 1 aliphatic rings. The van der Waals surface area contributed by atoms with Gasteiger partial charge in [0.25, 0.3) is 11.8 Å². The molecule has 1 saturated heterocycles. The first kappa shape index (κ1) is 15.5. The molecule has 0 spiro atoms. The van der Waals surface area contributed by atoms with Crippen LogP contribution < -0.4 is 20.7 Å². The van der Waals surface area contributed by atoms with Gasteiger partial charge in [-0.1, -0.05) is 24.3 Å². The van der Waals surface area contributed by atoms with Crippen molar-refractivity contribution in [2.75, 3.05) is 12.4 Å². The smallest absolute Gasteiger partial charge is 0.322 e. The largest absolute Gasteiger partial charge is 0.496 e. The molecule has 3 rings (SSSR count). The van der Waals surface area contributed by atoms with Crippen molar-refractivity contribution in [3.05, 3.63) is 59.7 Å². The van der Waals surface area contributed by atoms with Gasteiger partial charge < -0.3 is 15.4 Å². The monoisotopic (exact) mass is 325 g/mol. The van der Waals surface area contributed by atoms with Crippen molar-refractivity contribution in [3.8, 4) is 5.75 Å². The van der Waals surface area contributed by atoms with Gasteiger partial charge in [-0.2, -0.15) is 0 Å². The molecule has 1 heterocycles. The molecular weight excluding hydrogens is 310 g/mol. The third-order valence-electron chi connectivity index (χ3n) is 3.60. The second kappa shape index (κ2) is 6.41.